The van der Waals surface area contributed by atoms with E-state index in [0.29, 0.717) is 5.76 Å². The second kappa shape index (κ2) is 9.15. The highest BCUT2D eigenvalue weighted by Crippen LogP contribution is 2.46. The Morgan fingerprint density at radius 2 is 1.87 bits per heavy atom. The minimum atomic E-state index is -0.992. The lowest BCUT2D eigenvalue weighted by atomic mass is 10.1. The highest BCUT2D eigenvalue weighted by Gasteiger charge is 2.32. The molecule has 1 aromatic carbocycles. The van der Waals surface area contributed by atoms with Crippen LogP contribution >= 0.6 is 0 Å². The number of furan rings is 1. The average molecular weight is 438 g/mol. The lowest BCUT2D eigenvalue weighted by molar-refractivity contribution is -0.184. The lowest BCUT2D eigenvalue weighted by Gasteiger charge is -2.32. The Kier molecular flexibility index (Phi) is 6.75. The summed E-state index contributed by atoms with van der Waals surface area (Å²) < 4.78 is 21.9. The van der Waals surface area contributed by atoms with E-state index in [1.54, 1.807) is 20.8 Å². The summed E-state index contributed by atoms with van der Waals surface area (Å²) >= 11 is 0. The summed E-state index contributed by atoms with van der Waals surface area (Å²) in [6, 6.07) is 2.69. The Labute approximate surface area is 176 Å². The molecule has 0 spiro atoms. The normalized spacial score (nSPS) is 21.3. The number of phenolic OH excluding ortho intramolecular Hbond substituents is 2. The molecule has 0 saturated carbocycles. The molecular formula is C21H26O10. The molecule has 0 aliphatic carbocycles. The number of aromatic hydroxyl groups is 2. The largest absolute Gasteiger partial charge is 0.504 e. The molecule has 0 bridgehead atoms. The molecule has 4 rings (SSSR count). The first kappa shape index (κ1) is 22.9. The van der Waals surface area contributed by atoms with Crippen molar-refractivity contribution in [3.05, 3.63) is 28.3 Å². The van der Waals surface area contributed by atoms with Crippen LogP contribution in [0.25, 0.3) is 21.9 Å². The minimum absolute atomic E-state index is 0.0300. The number of aliphatic hydroxyl groups excluding tert-OH is 3. The molecule has 10 nitrogen and oxygen atoms in total. The second-order valence-electron chi connectivity index (χ2n) is 7.64. The van der Waals surface area contributed by atoms with E-state index >= 15 is 0 Å². The van der Waals surface area contributed by atoms with Gasteiger partial charge in [0.05, 0.1) is 18.8 Å². The Bertz CT molecular complexity index is 1110. The van der Waals surface area contributed by atoms with E-state index in [1.807, 2.05) is 0 Å². The molecule has 2 aromatic heterocycles. The molecule has 3 atom stereocenters. The van der Waals surface area contributed by atoms with Crippen molar-refractivity contribution in [2.75, 3.05) is 6.61 Å². The number of ether oxygens (including phenoxy) is 2. The van der Waals surface area contributed by atoms with Gasteiger partial charge in [-0.05, 0) is 26.8 Å². The molecule has 3 unspecified atom stereocenters. The molecule has 3 heterocycles. The van der Waals surface area contributed by atoms with Gasteiger partial charge in [-0.3, -0.25) is 0 Å². The van der Waals surface area contributed by atoms with Crippen LogP contribution in [0, 0.1) is 6.92 Å². The van der Waals surface area contributed by atoms with Gasteiger partial charge in [0.2, 0.25) is 17.8 Å². The van der Waals surface area contributed by atoms with Crippen LogP contribution in [0.4, 0.5) is 0 Å². The standard InChI is InChI=1S/C18H18O9.C3H8O/c1-7-2-12-14(18(23)24-7)10-5-11(21)15(22)17(16(10)26-12)27-13-4-8(20)3-9(6-19)25-13;1-3(2)4/h2,5,8-9,13,19-22H,3-4,6H2,1H3;3-4H,1-2H3. The van der Waals surface area contributed by atoms with Crippen molar-refractivity contribution in [2.45, 2.75) is 58.2 Å². The number of aryl methyl sites for hydroxylation is 1. The number of aliphatic hydroxyl groups is 3. The molecular weight excluding hydrogens is 412 g/mol. The van der Waals surface area contributed by atoms with E-state index in [1.165, 1.54) is 12.1 Å². The number of fused-ring (bicyclic) bond motifs is 3. The fourth-order valence-electron chi connectivity index (χ4n) is 3.30. The number of rotatable bonds is 3. The van der Waals surface area contributed by atoms with Crippen LogP contribution in [0.5, 0.6) is 17.2 Å². The third kappa shape index (κ3) is 4.93. The van der Waals surface area contributed by atoms with Gasteiger partial charge in [-0.2, -0.15) is 0 Å². The molecule has 1 aliphatic rings. The van der Waals surface area contributed by atoms with E-state index in [2.05, 4.69) is 0 Å². The van der Waals surface area contributed by atoms with E-state index in [9.17, 15) is 25.2 Å². The van der Waals surface area contributed by atoms with Gasteiger partial charge in [-0.25, -0.2) is 4.79 Å². The summed E-state index contributed by atoms with van der Waals surface area (Å²) in [6.07, 6.45) is -2.20. The molecule has 1 fully saturated rings. The van der Waals surface area contributed by atoms with E-state index in [0.717, 1.165) is 0 Å². The van der Waals surface area contributed by atoms with Crippen LogP contribution in [-0.4, -0.2) is 56.7 Å². The van der Waals surface area contributed by atoms with Gasteiger partial charge in [0.15, 0.2) is 11.3 Å². The first-order valence-electron chi connectivity index (χ1n) is 9.81. The van der Waals surface area contributed by atoms with Crippen molar-refractivity contribution < 1.29 is 43.8 Å². The second-order valence-corrected chi connectivity index (χ2v) is 7.64. The molecule has 1 saturated heterocycles. The highest BCUT2D eigenvalue weighted by molar-refractivity contribution is 6.07. The fraction of sp³-hybridized carbons (Fsp3) is 0.476. The topological polar surface area (TPSA) is 163 Å². The molecule has 1 aliphatic heterocycles. The van der Waals surface area contributed by atoms with Gasteiger partial charge in [-0.15, -0.1) is 0 Å². The molecule has 5 N–H and O–H groups in total. The van der Waals surface area contributed by atoms with E-state index in [4.69, 9.17) is 23.4 Å². The molecule has 170 valence electrons. The summed E-state index contributed by atoms with van der Waals surface area (Å²) in [5.74, 6) is -0.997. The Balaban J connectivity index is 0.000000628. The number of benzene rings is 1. The number of phenols is 2. The molecule has 31 heavy (non-hydrogen) atoms. The van der Waals surface area contributed by atoms with E-state index < -0.39 is 35.6 Å². The summed E-state index contributed by atoms with van der Waals surface area (Å²) in [6.45, 7) is 4.73. The number of hydrogen-bond donors (Lipinski definition) is 5. The molecule has 10 heteroatoms. The zero-order valence-corrected chi connectivity index (χ0v) is 17.4. The first-order chi connectivity index (χ1) is 14.6. The SMILES string of the molecule is CC(C)O.Cc1cc2oc3c(OC4CC(O)CC(CO)O4)c(O)c(O)cc3c2c(=O)o1. The van der Waals surface area contributed by atoms with Crippen molar-refractivity contribution in [2.24, 2.45) is 0 Å². The van der Waals surface area contributed by atoms with Crippen LogP contribution in [0.1, 0.15) is 32.4 Å². The van der Waals surface area contributed by atoms with Crippen molar-refractivity contribution in [3.63, 3.8) is 0 Å². The Hall–Kier alpha value is -2.79. The first-order valence-corrected chi connectivity index (χ1v) is 9.81. The van der Waals surface area contributed by atoms with Crippen LogP contribution in [0.2, 0.25) is 0 Å². The summed E-state index contributed by atoms with van der Waals surface area (Å²) in [4.78, 5) is 12.2. The van der Waals surface area contributed by atoms with Gasteiger partial charge in [-0.1, -0.05) is 0 Å². The van der Waals surface area contributed by atoms with E-state index in [-0.39, 0.29) is 53.2 Å². The maximum absolute atomic E-state index is 12.2. The van der Waals surface area contributed by atoms with Gasteiger partial charge in [0, 0.05) is 30.4 Å². The predicted molar refractivity (Wildman–Crippen MR) is 109 cm³/mol. The highest BCUT2D eigenvalue weighted by atomic mass is 16.7. The number of hydrogen-bond acceptors (Lipinski definition) is 10. The smallest absolute Gasteiger partial charge is 0.347 e. The van der Waals surface area contributed by atoms with Gasteiger partial charge < -0.3 is 43.8 Å². The maximum atomic E-state index is 12.2. The van der Waals surface area contributed by atoms with Crippen LogP contribution < -0.4 is 10.4 Å². The summed E-state index contributed by atoms with van der Waals surface area (Å²) in [7, 11) is 0. The Morgan fingerprint density at radius 3 is 2.52 bits per heavy atom. The third-order valence-corrected chi connectivity index (χ3v) is 4.51. The van der Waals surface area contributed by atoms with Crippen LogP contribution in [0.3, 0.4) is 0 Å². The third-order valence-electron chi connectivity index (χ3n) is 4.51. The molecule has 0 radical (unpaired) electrons. The van der Waals surface area contributed by atoms with Crippen LogP contribution in [-0.2, 0) is 4.74 Å². The van der Waals surface area contributed by atoms with Crippen molar-refractivity contribution in [1.82, 2.24) is 0 Å². The minimum Gasteiger partial charge on any atom is -0.504 e. The van der Waals surface area contributed by atoms with Crippen molar-refractivity contribution in [1.29, 1.82) is 0 Å². The fourth-order valence-corrected chi connectivity index (χ4v) is 3.30. The van der Waals surface area contributed by atoms with Crippen molar-refractivity contribution in [3.8, 4) is 17.2 Å². The van der Waals surface area contributed by atoms with Crippen molar-refractivity contribution >= 4 is 21.9 Å². The monoisotopic (exact) mass is 438 g/mol. The lowest BCUT2D eigenvalue weighted by Crippen LogP contribution is -2.40. The van der Waals surface area contributed by atoms with Gasteiger partial charge in [0.1, 0.15) is 16.7 Å². The summed E-state index contributed by atoms with van der Waals surface area (Å²) in [5, 5.41) is 47.9. The maximum Gasteiger partial charge on any atom is 0.347 e. The quantitative estimate of drug-likeness (QED) is 0.382. The summed E-state index contributed by atoms with van der Waals surface area (Å²) in [5.41, 5.74) is -0.404. The van der Waals surface area contributed by atoms with Gasteiger partial charge >= 0.3 is 5.63 Å². The van der Waals surface area contributed by atoms with Gasteiger partial charge in [0.25, 0.3) is 0 Å². The average Bonchev–Trinajstić information content (AvgIpc) is 3.02. The zero-order valence-electron chi connectivity index (χ0n) is 17.4. The Morgan fingerprint density at radius 1 is 1.19 bits per heavy atom. The zero-order chi connectivity index (χ0) is 22.9. The molecule has 0 amide bonds. The van der Waals surface area contributed by atoms with Crippen LogP contribution in [0.15, 0.2) is 25.8 Å². The predicted octanol–water partition coefficient (Wildman–Crippen LogP) is 1.88. The molecule has 3 aromatic rings.